The number of carbonyl (C=O) groups excluding carboxylic acids is 1. The van der Waals surface area contributed by atoms with Gasteiger partial charge in [0.2, 0.25) is 0 Å². The zero-order valence-electron chi connectivity index (χ0n) is 9.47. The first-order valence-electron chi connectivity index (χ1n) is 5.18. The van der Waals surface area contributed by atoms with Gasteiger partial charge in [0.05, 0.1) is 11.8 Å². The van der Waals surface area contributed by atoms with Gasteiger partial charge in [-0.2, -0.15) is 0 Å². The van der Waals surface area contributed by atoms with Crippen LogP contribution in [0.1, 0.15) is 24.2 Å². The first-order chi connectivity index (χ1) is 7.50. The SMILES string of the molecule is CC(C)C(N)CNC(=O)c1cncc(O)c1. The Kier molecular flexibility index (Phi) is 4.25. The lowest BCUT2D eigenvalue weighted by Crippen LogP contribution is -2.40. The molecule has 4 N–H and O–H groups in total. The summed E-state index contributed by atoms with van der Waals surface area (Å²) in [5.74, 6) is 0.00269. The minimum Gasteiger partial charge on any atom is -0.506 e. The maximum atomic E-state index is 11.6. The van der Waals surface area contributed by atoms with Crippen molar-refractivity contribution in [2.24, 2.45) is 11.7 Å². The highest BCUT2D eigenvalue weighted by atomic mass is 16.3. The Hall–Kier alpha value is -1.62. The van der Waals surface area contributed by atoms with E-state index in [9.17, 15) is 4.79 Å². The molecule has 1 unspecified atom stereocenters. The van der Waals surface area contributed by atoms with Crippen molar-refractivity contribution < 1.29 is 9.90 Å². The highest BCUT2D eigenvalue weighted by molar-refractivity contribution is 5.94. The van der Waals surface area contributed by atoms with Crippen LogP contribution in [-0.2, 0) is 0 Å². The van der Waals surface area contributed by atoms with Gasteiger partial charge in [0, 0.05) is 18.8 Å². The summed E-state index contributed by atoms with van der Waals surface area (Å²) in [6.07, 6.45) is 2.67. The van der Waals surface area contributed by atoms with E-state index in [4.69, 9.17) is 10.8 Å². The Labute approximate surface area is 94.7 Å². The number of rotatable bonds is 4. The second-order valence-electron chi connectivity index (χ2n) is 4.05. The fourth-order valence-corrected chi connectivity index (χ4v) is 1.10. The van der Waals surface area contributed by atoms with E-state index >= 15 is 0 Å². The first-order valence-corrected chi connectivity index (χ1v) is 5.18. The lowest BCUT2D eigenvalue weighted by Gasteiger charge is -2.15. The number of pyridine rings is 1. The summed E-state index contributed by atoms with van der Waals surface area (Å²) in [7, 11) is 0. The van der Waals surface area contributed by atoms with Gasteiger partial charge >= 0.3 is 0 Å². The number of aromatic hydroxyl groups is 1. The fourth-order valence-electron chi connectivity index (χ4n) is 1.10. The molecule has 88 valence electrons. The van der Waals surface area contributed by atoms with Gasteiger partial charge in [0.25, 0.3) is 5.91 Å². The van der Waals surface area contributed by atoms with E-state index in [1.165, 1.54) is 18.5 Å². The Balaban J connectivity index is 2.53. The smallest absolute Gasteiger partial charge is 0.253 e. The summed E-state index contributed by atoms with van der Waals surface area (Å²) in [5.41, 5.74) is 6.12. The molecule has 0 saturated heterocycles. The molecule has 5 nitrogen and oxygen atoms in total. The highest BCUT2D eigenvalue weighted by Gasteiger charge is 2.11. The number of hydrogen-bond acceptors (Lipinski definition) is 4. The molecular formula is C11H17N3O2. The van der Waals surface area contributed by atoms with Crippen LogP contribution < -0.4 is 11.1 Å². The molecule has 0 aliphatic rings. The molecule has 0 fully saturated rings. The molecule has 1 amide bonds. The van der Waals surface area contributed by atoms with E-state index < -0.39 is 0 Å². The molecule has 0 aliphatic carbocycles. The van der Waals surface area contributed by atoms with Crippen LogP contribution in [0.25, 0.3) is 0 Å². The van der Waals surface area contributed by atoms with Gasteiger partial charge in [0.15, 0.2) is 0 Å². The molecule has 0 spiro atoms. The maximum absolute atomic E-state index is 11.6. The summed E-state index contributed by atoms with van der Waals surface area (Å²) >= 11 is 0. The lowest BCUT2D eigenvalue weighted by atomic mass is 10.1. The third kappa shape index (κ3) is 3.51. The summed E-state index contributed by atoms with van der Waals surface area (Å²) in [5, 5.41) is 11.9. The zero-order valence-corrected chi connectivity index (χ0v) is 9.47. The van der Waals surface area contributed by atoms with E-state index in [1.807, 2.05) is 13.8 Å². The number of hydrogen-bond donors (Lipinski definition) is 3. The van der Waals surface area contributed by atoms with Crippen molar-refractivity contribution >= 4 is 5.91 Å². The van der Waals surface area contributed by atoms with Gasteiger partial charge in [-0.15, -0.1) is 0 Å². The minimum absolute atomic E-state index is 0.0270. The average molecular weight is 223 g/mol. The predicted octanol–water partition coefficient (Wildman–Crippen LogP) is 0.500. The molecule has 0 radical (unpaired) electrons. The Morgan fingerprint density at radius 2 is 2.25 bits per heavy atom. The standard InChI is InChI=1S/C11H17N3O2/c1-7(2)10(12)6-14-11(16)8-3-9(15)5-13-4-8/h3-5,7,10,15H,6,12H2,1-2H3,(H,14,16). The quantitative estimate of drug-likeness (QED) is 0.693. The summed E-state index contributed by atoms with van der Waals surface area (Å²) < 4.78 is 0. The largest absolute Gasteiger partial charge is 0.506 e. The molecule has 0 aromatic carbocycles. The number of carbonyl (C=O) groups is 1. The normalized spacial score (nSPS) is 12.5. The number of nitrogens with one attached hydrogen (secondary N) is 1. The Bertz CT molecular complexity index is 366. The summed E-state index contributed by atoms with van der Waals surface area (Å²) in [4.78, 5) is 15.3. The second-order valence-corrected chi connectivity index (χ2v) is 4.05. The van der Waals surface area contributed by atoms with E-state index in [1.54, 1.807) is 0 Å². The molecule has 0 aliphatic heterocycles. The van der Waals surface area contributed by atoms with Crippen LogP contribution in [0.4, 0.5) is 0 Å². The third-order valence-electron chi connectivity index (χ3n) is 2.34. The molecule has 0 bridgehead atoms. The number of nitrogens with zero attached hydrogens (tertiary/aromatic N) is 1. The van der Waals surface area contributed by atoms with E-state index in [2.05, 4.69) is 10.3 Å². The highest BCUT2D eigenvalue weighted by Crippen LogP contribution is 2.08. The van der Waals surface area contributed by atoms with Crippen LogP contribution in [-0.4, -0.2) is 28.6 Å². The monoisotopic (exact) mass is 223 g/mol. The van der Waals surface area contributed by atoms with E-state index in [0.717, 1.165) is 0 Å². The van der Waals surface area contributed by atoms with Crippen LogP contribution in [0.15, 0.2) is 18.5 Å². The molecule has 1 atom stereocenters. The molecule has 16 heavy (non-hydrogen) atoms. The second kappa shape index (κ2) is 5.46. The van der Waals surface area contributed by atoms with Gasteiger partial charge in [-0.1, -0.05) is 13.8 Å². The molecule has 1 aromatic heterocycles. The van der Waals surface area contributed by atoms with Gasteiger partial charge in [-0.25, -0.2) is 0 Å². The van der Waals surface area contributed by atoms with Crippen molar-refractivity contribution in [3.63, 3.8) is 0 Å². The van der Waals surface area contributed by atoms with Gasteiger partial charge in [-0.05, 0) is 12.0 Å². The van der Waals surface area contributed by atoms with Crippen LogP contribution >= 0.6 is 0 Å². The van der Waals surface area contributed by atoms with Crippen molar-refractivity contribution in [1.82, 2.24) is 10.3 Å². The van der Waals surface area contributed by atoms with Crippen LogP contribution in [0.2, 0.25) is 0 Å². The fraction of sp³-hybridized carbons (Fsp3) is 0.455. The number of aromatic nitrogens is 1. The minimum atomic E-state index is -0.278. The van der Waals surface area contributed by atoms with Crippen molar-refractivity contribution in [3.8, 4) is 5.75 Å². The third-order valence-corrected chi connectivity index (χ3v) is 2.34. The van der Waals surface area contributed by atoms with Gasteiger partial charge in [0.1, 0.15) is 5.75 Å². The van der Waals surface area contributed by atoms with Gasteiger partial charge < -0.3 is 16.2 Å². The first kappa shape index (κ1) is 12.4. The number of nitrogens with two attached hydrogens (primary N) is 1. The average Bonchev–Trinajstić information content (AvgIpc) is 2.25. The molecule has 1 heterocycles. The van der Waals surface area contributed by atoms with E-state index in [-0.39, 0.29) is 17.7 Å². The summed E-state index contributed by atoms with van der Waals surface area (Å²) in [6, 6.07) is 1.29. The zero-order chi connectivity index (χ0) is 12.1. The van der Waals surface area contributed by atoms with Crippen molar-refractivity contribution in [3.05, 3.63) is 24.0 Å². The van der Waals surface area contributed by atoms with Crippen LogP contribution in [0, 0.1) is 5.92 Å². The van der Waals surface area contributed by atoms with Gasteiger partial charge in [-0.3, -0.25) is 9.78 Å². The lowest BCUT2D eigenvalue weighted by molar-refractivity contribution is 0.0948. The molecule has 0 saturated carbocycles. The van der Waals surface area contributed by atoms with Crippen LogP contribution in [0.5, 0.6) is 5.75 Å². The van der Waals surface area contributed by atoms with E-state index in [0.29, 0.717) is 18.0 Å². The van der Waals surface area contributed by atoms with Crippen molar-refractivity contribution in [2.75, 3.05) is 6.54 Å². The molecule has 5 heteroatoms. The van der Waals surface area contributed by atoms with Crippen molar-refractivity contribution in [2.45, 2.75) is 19.9 Å². The Morgan fingerprint density at radius 1 is 1.56 bits per heavy atom. The maximum Gasteiger partial charge on any atom is 0.253 e. The Morgan fingerprint density at radius 3 is 2.81 bits per heavy atom. The molecule has 1 rings (SSSR count). The van der Waals surface area contributed by atoms with Crippen LogP contribution in [0.3, 0.4) is 0 Å². The molecular weight excluding hydrogens is 206 g/mol. The summed E-state index contributed by atoms with van der Waals surface area (Å²) in [6.45, 7) is 4.39. The predicted molar refractivity (Wildman–Crippen MR) is 61.0 cm³/mol. The topological polar surface area (TPSA) is 88.2 Å². The van der Waals surface area contributed by atoms with Crippen molar-refractivity contribution in [1.29, 1.82) is 0 Å². The molecule has 1 aromatic rings. The number of amides is 1.